The number of unbranched alkanes of at least 4 members (excludes halogenated alkanes) is 1. The molecule has 0 radical (unpaired) electrons. The molecule has 136 valence electrons. The Bertz CT molecular complexity index is 598. The summed E-state index contributed by atoms with van der Waals surface area (Å²) in [5.41, 5.74) is 2.22. The molecule has 25 heavy (non-hydrogen) atoms. The second-order valence-corrected chi connectivity index (χ2v) is 5.73. The van der Waals surface area contributed by atoms with Crippen LogP contribution in [0.1, 0.15) is 32.3 Å². The van der Waals surface area contributed by atoms with E-state index in [4.69, 9.17) is 14.2 Å². The van der Waals surface area contributed by atoms with Gasteiger partial charge in [0, 0.05) is 24.4 Å². The maximum absolute atomic E-state index is 5.88. The van der Waals surface area contributed by atoms with Gasteiger partial charge < -0.3 is 19.5 Å². The summed E-state index contributed by atoms with van der Waals surface area (Å²) < 4.78 is 16.8. The fourth-order valence-corrected chi connectivity index (χ4v) is 2.35. The highest BCUT2D eigenvalue weighted by Gasteiger charge is 2.03. The van der Waals surface area contributed by atoms with E-state index in [0.717, 1.165) is 55.4 Å². The molecule has 4 heteroatoms. The summed E-state index contributed by atoms with van der Waals surface area (Å²) >= 11 is 0. The molecule has 2 aromatic rings. The lowest BCUT2D eigenvalue weighted by Crippen LogP contribution is -2.06. The first-order valence-electron chi connectivity index (χ1n) is 9.08. The van der Waals surface area contributed by atoms with Crippen molar-refractivity contribution in [1.29, 1.82) is 0 Å². The van der Waals surface area contributed by atoms with Gasteiger partial charge in [-0.2, -0.15) is 0 Å². The van der Waals surface area contributed by atoms with Crippen LogP contribution in [0.5, 0.6) is 11.5 Å². The van der Waals surface area contributed by atoms with E-state index in [-0.39, 0.29) is 0 Å². The number of ether oxygens (including phenoxy) is 3. The van der Waals surface area contributed by atoms with Crippen molar-refractivity contribution in [3.63, 3.8) is 0 Å². The van der Waals surface area contributed by atoms with E-state index >= 15 is 0 Å². The van der Waals surface area contributed by atoms with Gasteiger partial charge in [0.05, 0.1) is 13.2 Å². The molecule has 0 aromatic heterocycles. The zero-order valence-corrected chi connectivity index (χ0v) is 15.3. The number of hydrogen-bond acceptors (Lipinski definition) is 4. The molecule has 4 nitrogen and oxygen atoms in total. The third kappa shape index (κ3) is 7.06. The van der Waals surface area contributed by atoms with Crippen LogP contribution >= 0.6 is 0 Å². The predicted molar refractivity (Wildman–Crippen MR) is 103 cm³/mol. The number of nitrogens with one attached hydrogen (secondary N) is 1. The highest BCUT2D eigenvalue weighted by molar-refractivity contribution is 5.47. The van der Waals surface area contributed by atoms with E-state index < -0.39 is 0 Å². The number of benzene rings is 2. The van der Waals surface area contributed by atoms with Gasteiger partial charge in [0.2, 0.25) is 0 Å². The van der Waals surface area contributed by atoms with Gasteiger partial charge in [0.1, 0.15) is 18.1 Å². The molecule has 0 bridgehead atoms. The quantitative estimate of drug-likeness (QED) is 0.557. The van der Waals surface area contributed by atoms with Crippen molar-refractivity contribution in [2.24, 2.45) is 0 Å². The largest absolute Gasteiger partial charge is 0.493 e. The Kier molecular flexibility index (Phi) is 8.70. The summed E-state index contributed by atoms with van der Waals surface area (Å²) in [7, 11) is 0. The summed E-state index contributed by atoms with van der Waals surface area (Å²) in [6.07, 6.45) is 2.21. The van der Waals surface area contributed by atoms with Crippen molar-refractivity contribution in [3.05, 3.63) is 54.1 Å². The zero-order valence-electron chi connectivity index (χ0n) is 15.3. The number of anilines is 1. The molecule has 0 fully saturated rings. The molecule has 0 aliphatic rings. The number of rotatable bonds is 12. The van der Waals surface area contributed by atoms with Crippen molar-refractivity contribution in [1.82, 2.24) is 0 Å². The molecule has 0 saturated heterocycles. The van der Waals surface area contributed by atoms with Crippen molar-refractivity contribution < 1.29 is 14.2 Å². The number of hydrogen-bond donors (Lipinski definition) is 1. The van der Waals surface area contributed by atoms with Gasteiger partial charge in [0.15, 0.2) is 0 Å². The van der Waals surface area contributed by atoms with Crippen LogP contribution in [0.2, 0.25) is 0 Å². The van der Waals surface area contributed by atoms with Crippen LogP contribution in [-0.4, -0.2) is 26.4 Å². The van der Waals surface area contributed by atoms with Gasteiger partial charge in [-0.1, -0.05) is 31.5 Å². The van der Waals surface area contributed by atoms with Crippen molar-refractivity contribution >= 4 is 5.69 Å². The van der Waals surface area contributed by atoms with Gasteiger partial charge >= 0.3 is 0 Å². The van der Waals surface area contributed by atoms with Crippen LogP contribution < -0.4 is 14.8 Å². The summed E-state index contributed by atoms with van der Waals surface area (Å²) in [5.74, 6) is 1.81. The zero-order chi connectivity index (χ0) is 17.7. The highest BCUT2D eigenvalue weighted by atomic mass is 16.5. The highest BCUT2D eigenvalue weighted by Crippen LogP contribution is 2.21. The molecule has 2 aromatic carbocycles. The maximum atomic E-state index is 5.88. The third-order valence-corrected chi connectivity index (χ3v) is 3.77. The first-order chi connectivity index (χ1) is 12.3. The summed E-state index contributed by atoms with van der Waals surface area (Å²) in [6, 6.07) is 16.2. The molecule has 0 aliphatic heterocycles. The van der Waals surface area contributed by atoms with E-state index in [1.54, 1.807) is 0 Å². The molecule has 0 unspecified atom stereocenters. The van der Waals surface area contributed by atoms with Gasteiger partial charge in [-0.3, -0.25) is 0 Å². The molecule has 1 N–H and O–H groups in total. The minimum Gasteiger partial charge on any atom is -0.493 e. The van der Waals surface area contributed by atoms with Crippen LogP contribution in [0.3, 0.4) is 0 Å². The molecule has 0 amide bonds. The van der Waals surface area contributed by atoms with Gasteiger partial charge in [-0.05, 0) is 43.7 Å². The third-order valence-electron chi connectivity index (χ3n) is 3.77. The van der Waals surface area contributed by atoms with Crippen molar-refractivity contribution in [2.45, 2.75) is 33.2 Å². The molecular weight excluding hydrogens is 314 g/mol. The van der Waals surface area contributed by atoms with Crippen molar-refractivity contribution in [2.75, 3.05) is 31.7 Å². The van der Waals surface area contributed by atoms with Crippen LogP contribution in [0.4, 0.5) is 5.69 Å². The van der Waals surface area contributed by atoms with Gasteiger partial charge in [-0.25, -0.2) is 0 Å². The van der Waals surface area contributed by atoms with Crippen LogP contribution in [0.25, 0.3) is 0 Å². The monoisotopic (exact) mass is 343 g/mol. The van der Waals surface area contributed by atoms with Gasteiger partial charge in [-0.15, -0.1) is 0 Å². The number of para-hydroxylation sites is 1. The van der Waals surface area contributed by atoms with E-state index in [0.29, 0.717) is 13.2 Å². The van der Waals surface area contributed by atoms with Crippen LogP contribution in [0.15, 0.2) is 48.5 Å². The average molecular weight is 343 g/mol. The summed E-state index contributed by atoms with van der Waals surface area (Å²) in [6.45, 7) is 7.55. The maximum Gasteiger partial charge on any atom is 0.124 e. The molecule has 0 spiro atoms. The minimum absolute atomic E-state index is 0.573. The summed E-state index contributed by atoms with van der Waals surface area (Å²) in [5, 5.41) is 3.44. The fraction of sp³-hybridized carbons (Fsp3) is 0.429. The standard InChI is InChI=1S/C21H29NO3/c1-3-5-14-25-21-9-7-6-8-18(21)17-22-19-10-12-20(13-11-19)24-16-15-23-4-2/h6-13,22H,3-5,14-17H2,1-2H3. The molecular formula is C21H29NO3. The Labute approximate surface area is 151 Å². The molecule has 0 atom stereocenters. The summed E-state index contributed by atoms with van der Waals surface area (Å²) in [4.78, 5) is 0. The molecule has 0 saturated carbocycles. The lowest BCUT2D eigenvalue weighted by molar-refractivity contribution is 0.110. The predicted octanol–water partition coefficient (Wildman–Crippen LogP) is 4.89. The first-order valence-corrected chi connectivity index (χ1v) is 9.08. The minimum atomic E-state index is 0.573. The van der Waals surface area contributed by atoms with Gasteiger partial charge in [0.25, 0.3) is 0 Å². The van der Waals surface area contributed by atoms with E-state index in [1.807, 2.05) is 49.4 Å². The first kappa shape index (κ1) is 19.1. The van der Waals surface area contributed by atoms with E-state index in [2.05, 4.69) is 18.3 Å². The Morgan fingerprint density at radius 1 is 0.840 bits per heavy atom. The average Bonchev–Trinajstić information content (AvgIpc) is 2.66. The van der Waals surface area contributed by atoms with E-state index in [9.17, 15) is 0 Å². The topological polar surface area (TPSA) is 39.7 Å². The Morgan fingerprint density at radius 3 is 2.40 bits per heavy atom. The Hall–Kier alpha value is -2.20. The fourth-order valence-electron chi connectivity index (χ4n) is 2.35. The molecule has 0 aliphatic carbocycles. The van der Waals surface area contributed by atoms with Crippen LogP contribution in [-0.2, 0) is 11.3 Å². The normalized spacial score (nSPS) is 10.5. The Morgan fingerprint density at radius 2 is 1.64 bits per heavy atom. The Balaban J connectivity index is 1.82. The smallest absolute Gasteiger partial charge is 0.124 e. The molecule has 0 heterocycles. The van der Waals surface area contributed by atoms with Crippen LogP contribution in [0, 0.1) is 0 Å². The lowest BCUT2D eigenvalue weighted by atomic mass is 10.2. The lowest BCUT2D eigenvalue weighted by Gasteiger charge is -2.13. The second-order valence-electron chi connectivity index (χ2n) is 5.73. The van der Waals surface area contributed by atoms with Crippen molar-refractivity contribution in [3.8, 4) is 11.5 Å². The second kappa shape index (κ2) is 11.4. The van der Waals surface area contributed by atoms with E-state index in [1.165, 1.54) is 0 Å². The molecule has 2 rings (SSSR count). The SMILES string of the molecule is CCCCOc1ccccc1CNc1ccc(OCCOCC)cc1.